The van der Waals surface area contributed by atoms with Crippen molar-refractivity contribution in [3.63, 3.8) is 0 Å². The van der Waals surface area contributed by atoms with Gasteiger partial charge in [-0.3, -0.25) is 0 Å². The predicted octanol–water partition coefficient (Wildman–Crippen LogP) is 2.10. The molecule has 0 spiro atoms. The Morgan fingerprint density at radius 2 is 1.81 bits per heavy atom. The van der Waals surface area contributed by atoms with Gasteiger partial charge < -0.3 is 29.3 Å². The molecule has 1 atom stereocenters. The third kappa shape index (κ3) is 5.74. The Labute approximate surface area is 161 Å². The third-order valence-corrected chi connectivity index (χ3v) is 5.15. The summed E-state index contributed by atoms with van der Waals surface area (Å²) in [6, 6.07) is 5.59. The molecule has 0 aliphatic carbocycles. The van der Waals surface area contributed by atoms with Gasteiger partial charge in [-0.25, -0.2) is 4.79 Å². The summed E-state index contributed by atoms with van der Waals surface area (Å²) < 4.78 is 16.6. The molecule has 2 heterocycles. The van der Waals surface area contributed by atoms with E-state index < -0.39 is 0 Å². The van der Waals surface area contributed by atoms with Crippen molar-refractivity contribution < 1.29 is 19.0 Å². The van der Waals surface area contributed by atoms with E-state index in [9.17, 15) is 4.79 Å². The molecule has 2 fully saturated rings. The van der Waals surface area contributed by atoms with Crippen molar-refractivity contribution in [2.45, 2.75) is 31.9 Å². The molecule has 0 bridgehead atoms. The van der Waals surface area contributed by atoms with E-state index in [1.165, 1.54) is 12.8 Å². The minimum absolute atomic E-state index is 0.0475. The number of carbonyl (C=O) groups is 1. The van der Waals surface area contributed by atoms with Crippen molar-refractivity contribution in [1.29, 1.82) is 0 Å². The van der Waals surface area contributed by atoms with E-state index in [2.05, 4.69) is 10.2 Å². The Kier molecular flexibility index (Phi) is 7.18. The Morgan fingerprint density at radius 1 is 1.11 bits per heavy atom. The molecule has 27 heavy (non-hydrogen) atoms. The van der Waals surface area contributed by atoms with Crippen LogP contribution in [0.5, 0.6) is 11.5 Å². The van der Waals surface area contributed by atoms with Crippen LogP contribution in [0.3, 0.4) is 0 Å². The second kappa shape index (κ2) is 9.80. The predicted molar refractivity (Wildman–Crippen MR) is 103 cm³/mol. The molecule has 150 valence electrons. The zero-order chi connectivity index (χ0) is 19.1. The smallest absolute Gasteiger partial charge is 0.317 e. The largest absolute Gasteiger partial charge is 0.497 e. The molecule has 0 aromatic heterocycles. The van der Waals surface area contributed by atoms with E-state index in [1.807, 2.05) is 23.1 Å². The zero-order valence-corrected chi connectivity index (χ0v) is 16.4. The second-order valence-electron chi connectivity index (χ2n) is 7.18. The molecule has 7 heteroatoms. The Morgan fingerprint density at radius 3 is 2.48 bits per heavy atom. The highest BCUT2D eigenvalue weighted by molar-refractivity contribution is 5.74. The summed E-state index contributed by atoms with van der Waals surface area (Å²) in [6.07, 6.45) is 3.49. The molecule has 0 radical (unpaired) electrons. The number of ether oxygens (including phenoxy) is 3. The summed E-state index contributed by atoms with van der Waals surface area (Å²) in [5.41, 5.74) is 0.944. The van der Waals surface area contributed by atoms with Crippen LogP contribution in [-0.2, 0) is 11.3 Å². The van der Waals surface area contributed by atoms with Gasteiger partial charge in [0.25, 0.3) is 0 Å². The highest BCUT2D eigenvalue weighted by atomic mass is 16.5. The van der Waals surface area contributed by atoms with Crippen LogP contribution in [0.1, 0.15) is 24.8 Å². The number of amides is 2. The summed E-state index contributed by atoms with van der Waals surface area (Å²) in [6.45, 7) is 5.72. The minimum Gasteiger partial charge on any atom is -0.497 e. The first-order valence-electron chi connectivity index (χ1n) is 9.76. The molecular weight excluding hydrogens is 346 g/mol. The maximum absolute atomic E-state index is 12.7. The highest BCUT2D eigenvalue weighted by Gasteiger charge is 2.25. The maximum Gasteiger partial charge on any atom is 0.317 e. The van der Waals surface area contributed by atoms with E-state index >= 15 is 0 Å². The molecule has 1 aromatic rings. The van der Waals surface area contributed by atoms with Gasteiger partial charge in [-0.05, 0) is 50.0 Å². The quantitative estimate of drug-likeness (QED) is 0.823. The number of carbonyl (C=O) groups excluding carboxylic acids is 1. The Hall–Kier alpha value is -1.99. The van der Waals surface area contributed by atoms with E-state index in [0.29, 0.717) is 24.6 Å². The number of nitrogens with zero attached hydrogens (tertiary/aromatic N) is 2. The van der Waals surface area contributed by atoms with Crippen LogP contribution in [0, 0.1) is 0 Å². The van der Waals surface area contributed by atoms with Crippen molar-refractivity contribution >= 4 is 6.03 Å². The number of nitrogens with one attached hydrogen (secondary N) is 1. The van der Waals surface area contributed by atoms with E-state index in [-0.39, 0.29) is 12.1 Å². The van der Waals surface area contributed by atoms with Gasteiger partial charge in [-0.15, -0.1) is 0 Å². The Bertz CT molecular complexity index is 597. The van der Waals surface area contributed by atoms with Crippen LogP contribution in [0.25, 0.3) is 0 Å². The zero-order valence-electron chi connectivity index (χ0n) is 16.4. The highest BCUT2D eigenvalue weighted by Crippen LogP contribution is 2.22. The van der Waals surface area contributed by atoms with Gasteiger partial charge in [0, 0.05) is 38.9 Å². The van der Waals surface area contributed by atoms with Gasteiger partial charge in [0.05, 0.1) is 20.3 Å². The third-order valence-electron chi connectivity index (χ3n) is 5.15. The first-order chi connectivity index (χ1) is 13.2. The van der Waals surface area contributed by atoms with Gasteiger partial charge >= 0.3 is 6.03 Å². The second-order valence-corrected chi connectivity index (χ2v) is 7.18. The fraction of sp³-hybridized carbons (Fsp3) is 0.650. The lowest BCUT2D eigenvalue weighted by Gasteiger charge is -2.27. The van der Waals surface area contributed by atoms with E-state index in [1.54, 1.807) is 14.2 Å². The molecule has 1 aromatic carbocycles. The van der Waals surface area contributed by atoms with Gasteiger partial charge in [0.2, 0.25) is 0 Å². The van der Waals surface area contributed by atoms with Crippen LogP contribution in [0.2, 0.25) is 0 Å². The van der Waals surface area contributed by atoms with Crippen molar-refractivity contribution in [2.24, 2.45) is 0 Å². The van der Waals surface area contributed by atoms with Crippen molar-refractivity contribution in [1.82, 2.24) is 15.1 Å². The molecule has 2 aliphatic rings. The van der Waals surface area contributed by atoms with Crippen LogP contribution >= 0.6 is 0 Å². The lowest BCUT2D eigenvalue weighted by atomic mass is 10.2. The Balaban J connectivity index is 1.54. The molecular formula is C20H31N3O4. The van der Waals surface area contributed by atoms with E-state index in [4.69, 9.17) is 14.2 Å². The maximum atomic E-state index is 12.7. The summed E-state index contributed by atoms with van der Waals surface area (Å²) in [7, 11) is 3.24. The monoisotopic (exact) mass is 377 g/mol. The molecule has 2 aliphatic heterocycles. The topological polar surface area (TPSA) is 63.3 Å². The summed E-state index contributed by atoms with van der Waals surface area (Å²) >= 11 is 0. The summed E-state index contributed by atoms with van der Waals surface area (Å²) in [5.74, 6) is 1.43. The fourth-order valence-corrected chi connectivity index (χ4v) is 3.70. The van der Waals surface area contributed by atoms with Crippen molar-refractivity contribution in [3.8, 4) is 11.5 Å². The first-order valence-corrected chi connectivity index (χ1v) is 9.76. The normalized spacial score (nSPS) is 21.0. The number of likely N-dealkylation sites (tertiary alicyclic amines) is 1. The average Bonchev–Trinajstić information content (AvgIpc) is 3.09. The molecule has 1 N–H and O–H groups in total. The molecule has 0 saturated carbocycles. The molecule has 7 nitrogen and oxygen atoms in total. The van der Waals surface area contributed by atoms with Gasteiger partial charge in [0.15, 0.2) is 0 Å². The van der Waals surface area contributed by atoms with Crippen LogP contribution in [0.15, 0.2) is 18.2 Å². The summed E-state index contributed by atoms with van der Waals surface area (Å²) in [5, 5.41) is 3.02. The number of hydrogen-bond acceptors (Lipinski definition) is 5. The SMILES string of the molecule is COc1cc(CNC(=O)N2CCCO[C@@H](CN3CCCC3)C2)cc(OC)c1. The van der Waals surface area contributed by atoms with Gasteiger partial charge in [-0.1, -0.05) is 0 Å². The molecule has 2 saturated heterocycles. The lowest BCUT2D eigenvalue weighted by Crippen LogP contribution is -2.45. The first kappa shape index (κ1) is 19.8. The standard InChI is InChI=1S/C20H31N3O4/c1-25-17-10-16(11-18(12-17)26-2)13-21-20(24)23-8-5-9-27-19(15-23)14-22-6-3-4-7-22/h10-12,19H,3-9,13-15H2,1-2H3,(H,21,24)/t19-/m0/s1. The lowest BCUT2D eigenvalue weighted by molar-refractivity contribution is 0.0349. The minimum atomic E-state index is -0.0475. The number of methoxy groups -OCH3 is 2. The number of urea groups is 1. The van der Waals surface area contributed by atoms with Crippen LogP contribution in [0.4, 0.5) is 4.79 Å². The van der Waals surface area contributed by atoms with Gasteiger partial charge in [-0.2, -0.15) is 0 Å². The molecule has 3 rings (SSSR count). The molecule has 2 amide bonds. The van der Waals surface area contributed by atoms with Gasteiger partial charge in [0.1, 0.15) is 11.5 Å². The number of rotatable bonds is 6. The van der Waals surface area contributed by atoms with Crippen LogP contribution < -0.4 is 14.8 Å². The van der Waals surface area contributed by atoms with Crippen LogP contribution in [-0.4, -0.2) is 75.5 Å². The van der Waals surface area contributed by atoms with Crippen molar-refractivity contribution in [3.05, 3.63) is 23.8 Å². The fourth-order valence-electron chi connectivity index (χ4n) is 3.70. The van der Waals surface area contributed by atoms with E-state index in [0.717, 1.165) is 44.8 Å². The van der Waals surface area contributed by atoms with Crippen molar-refractivity contribution in [2.75, 3.05) is 53.6 Å². The average molecular weight is 377 g/mol. The molecule has 0 unspecified atom stereocenters. The number of benzene rings is 1. The summed E-state index contributed by atoms with van der Waals surface area (Å²) in [4.78, 5) is 17.0. The number of hydrogen-bond donors (Lipinski definition) is 1.